The van der Waals surface area contributed by atoms with Gasteiger partial charge >= 0.3 is 0 Å². The van der Waals surface area contributed by atoms with Crippen LogP contribution in [0, 0.1) is 0 Å². The fourth-order valence-electron chi connectivity index (χ4n) is 2.46. The Hall–Kier alpha value is -3.21. The third kappa shape index (κ3) is 4.64. The number of imidazole rings is 1. The molecule has 5 heteroatoms. The van der Waals surface area contributed by atoms with Crippen molar-refractivity contribution in [1.82, 2.24) is 15.0 Å². The lowest BCUT2D eigenvalue weighted by Crippen LogP contribution is -2.19. The molecule has 0 atom stereocenters. The molecular formula is C20H20N4O. The van der Waals surface area contributed by atoms with Crippen molar-refractivity contribution >= 4 is 11.6 Å². The van der Waals surface area contributed by atoms with Gasteiger partial charge in [0, 0.05) is 24.5 Å². The molecular weight excluding hydrogens is 312 g/mol. The monoisotopic (exact) mass is 332 g/mol. The van der Waals surface area contributed by atoms with Gasteiger partial charge in [0.05, 0.1) is 12.0 Å². The maximum Gasteiger partial charge on any atom is 0.240 e. The maximum atomic E-state index is 11.9. The zero-order valence-electron chi connectivity index (χ0n) is 14.1. The van der Waals surface area contributed by atoms with E-state index in [1.165, 1.54) is 0 Å². The molecule has 25 heavy (non-hydrogen) atoms. The van der Waals surface area contributed by atoms with Crippen molar-refractivity contribution in [3.63, 3.8) is 0 Å². The highest BCUT2D eigenvalue weighted by atomic mass is 16.2. The van der Waals surface area contributed by atoms with E-state index in [1.807, 2.05) is 72.3 Å². The Balaban J connectivity index is 1.55. The molecule has 0 spiro atoms. The van der Waals surface area contributed by atoms with Gasteiger partial charge in [-0.2, -0.15) is 5.10 Å². The summed E-state index contributed by atoms with van der Waals surface area (Å²) in [5, 5.41) is 4.20. The lowest BCUT2D eigenvalue weighted by atomic mass is 10.1. The summed E-state index contributed by atoms with van der Waals surface area (Å²) in [6, 6.07) is 17.9. The van der Waals surface area contributed by atoms with Crippen LogP contribution in [0.15, 0.2) is 78.4 Å². The summed E-state index contributed by atoms with van der Waals surface area (Å²) in [7, 11) is 0. The SMILES string of the molecule is C/C(=N\NC(=O)CCc1ccccc1)c1ccc(-n2ccnc2)cc1. The van der Waals surface area contributed by atoms with Crippen LogP contribution < -0.4 is 5.43 Å². The van der Waals surface area contributed by atoms with Gasteiger partial charge in [-0.15, -0.1) is 0 Å². The molecule has 2 aromatic carbocycles. The minimum atomic E-state index is -0.0850. The first kappa shape index (κ1) is 16.6. The molecule has 1 N–H and O–H groups in total. The summed E-state index contributed by atoms with van der Waals surface area (Å²) in [5.41, 5.74) is 6.54. The Kier molecular flexibility index (Phi) is 5.36. The second-order valence-electron chi connectivity index (χ2n) is 5.73. The van der Waals surface area contributed by atoms with Crippen LogP contribution in [0.3, 0.4) is 0 Å². The Morgan fingerprint density at radius 3 is 2.56 bits per heavy atom. The summed E-state index contributed by atoms with van der Waals surface area (Å²) in [4.78, 5) is 16.0. The fraction of sp³-hybridized carbons (Fsp3) is 0.150. The normalized spacial score (nSPS) is 11.3. The number of hydrogen-bond donors (Lipinski definition) is 1. The van der Waals surface area contributed by atoms with Crippen molar-refractivity contribution in [2.45, 2.75) is 19.8 Å². The molecule has 0 fully saturated rings. The van der Waals surface area contributed by atoms with Gasteiger partial charge in [-0.1, -0.05) is 42.5 Å². The highest BCUT2D eigenvalue weighted by molar-refractivity contribution is 5.99. The molecule has 0 radical (unpaired) electrons. The van der Waals surface area contributed by atoms with Crippen LogP contribution in [0.4, 0.5) is 0 Å². The second kappa shape index (κ2) is 8.06. The van der Waals surface area contributed by atoms with E-state index in [0.717, 1.165) is 22.5 Å². The van der Waals surface area contributed by atoms with Gasteiger partial charge in [0.2, 0.25) is 5.91 Å². The van der Waals surface area contributed by atoms with E-state index in [2.05, 4.69) is 15.5 Å². The summed E-state index contributed by atoms with van der Waals surface area (Å²) in [6.07, 6.45) is 6.51. The van der Waals surface area contributed by atoms with Gasteiger partial charge in [-0.25, -0.2) is 10.4 Å². The van der Waals surface area contributed by atoms with Crippen molar-refractivity contribution in [3.05, 3.63) is 84.4 Å². The van der Waals surface area contributed by atoms with E-state index in [-0.39, 0.29) is 5.91 Å². The Labute approximate surface area is 147 Å². The van der Waals surface area contributed by atoms with Gasteiger partial charge in [0.25, 0.3) is 0 Å². The van der Waals surface area contributed by atoms with Crippen molar-refractivity contribution < 1.29 is 4.79 Å². The molecule has 5 nitrogen and oxygen atoms in total. The number of nitrogens with zero attached hydrogens (tertiary/aromatic N) is 3. The molecule has 0 unspecified atom stereocenters. The zero-order valence-corrected chi connectivity index (χ0v) is 14.1. The third-order valence-electron chi connectivity index (χ3n) is 3.92. The van der Waals surface area contributed by atoms with Crippen LogP contribution in [0.1, 0.15) is 24.5 Å². The quantitative estimate of drug-likeness (QED) is 0.556. The van der Waals surface area contributed by atoms with Crippen LogP contribution in [0.25, 0.3) is 5.69 Å². The molecule has 1 aromatic heterocycles. The molecule has 0 aliphatic carbocycles. The molecule has 0 saturated heterocycles. The Morgan fingerprint density at radius 2 is 1.88 bits per heavy atom. The molecule has 0 bridgehead atoms. The molecule has 126 valence electrons. The number of carbonyl (C=O) groups excluding carboxylic acids is 1. The van der Waals surface area contributed by atoms with E-state index in [9.17, 15) is 4.79 Å². The van der Waals surface area contributed by atoms with E-state index < -0.39 is 0 Å². The molecule has 1 amide bonds. The fourth-order valence-corrected chi connectivity index (χ4v) is 2.46. The average Bonchev–Trinajstić information content (AvgIpc) is 3.20. The standard InChI is InChI=1S/C20H20N4O/c1-16(18-8-10-19(11-9-18)24-14-13-21-15-24)22-23-20(25)12-7-17-5-3-2-4-6-17/h2-6,8-11,13-15H,7,12H2,1H3,(H,23,25)/b22-16+. The summed E-state index contributed by atoms with van der Waals surface area (Å²) in [6.45, 7) is 1.88. The van der Waals surface area contributed by atoms with Crippen LogP contribution in [-0.2, 0) is 11.2 Å². The van der Waals surface area contributed by atoms with Gasteiger partial charge in [0.1, 0.15) is 0 Å². The molecule has 0 aliphatic heterocycles. The van der Waals surface area contributed by atoms with E-state index in [4.69, 9.17) is 0 Å². The van der Waals surface area contributed by atoms with Crippen LogP contribution in [-0.4, -0.2) is 21.2 Å². The number of aromatic nitrogens is 2. The van der Waals surface area contributed by atoms with Crippen molar-refractivity contribution in [2.75, 3.05) is 0 Å². The number of aryl methyl sites for hydroxylation is 1. The summed E-state index contributed by atoms with van der Waals surface area (Å²) >= 11 is 0. The van der Waals surface area contributed by atoms with Gasteiger partial charge in [-0.3, -0.25) is 4.79 Å². The van der Waals surface area contributed by atoms with E-state index in [0.29, 0.717) is 12.8 Å². The predicted octanol–water partition coefficient (Wildman–Crippen LogP) is 3.35. The zero-order chi connectivity index (χ0) is 17.5. The molecule has 3 aromatic rings. The number of hydrazone groups is 1. The highest BCUT2D eigenvalue weighted by Crippen LogP contribution is 2.10. The van der Waals surface area contributed by atoms with Crippen LogP contribution in [0.5, 0.6) is 0 Å². The second-order valence-corrected chi connectivity index (χ2v) is 5.73. The van der Waals surface area contributed by atoms with E-state index >= 15 is 0 Å². The number of hydrogen-bond acceptors (Lipinski definition) is 3. The molecule has 0 aliphatic rings. The van der Waals surface area contributed by atoms with Gasteiger partial charge in [-0.05, 0) is 36.6 Å². The summed E-state index contributed by atoms with van der Waals surface area (Å²) in [5.74, 6) is -0.0850. The van der Waals surface area contributed by atoms with Gasteiger partial charge < -0.3 is 4.57 Å². The number of benzene rings is 2. The predicted molar refractivity (Wildman–Crippen MR) is 98.7 cm³/mol. The first-order valence-corrected chi connectivity index (χ1v) is 8.18. The van der Waals surface area contributed by atoms with Crippen molar-refractivity contribution in [2.24, 2.45) is 5.10 Å². The highest BCUT2D eigenvalue weighted by Gasteiger charge is 2.03. The van der Waals surface area contributed by atoms with Crippen LogP contribution >= 0.6 is 0 Å². The van der Waals surface area contributed by atoms with E-state index in [1.54, 1.807) is 12.5 Å². The molecule has 0 saturated carbocycles. The third-order valence-corrected chi connectivity index (χ3v) is 3.92. The topological polar surface area (TPSA) is 59.3 Å². The molecule has 1 heterocycles. The molecule has 3 rings (SSSR count). The Bertz CT molecular complexity index is 837. The lowest BCUT2D eigenvalue weighted by molar-refractivity contribution is -0.121. The first-order valence-electron chi connectivity index (χ1n) is 8.18. The number of rotatable bonds is 6. The number of carbonyl (C=O) groups is 1. The Morgan fingerprint density at radius 1 is 1.12 bits per heavy atom. The van der Waals surface area contributed by atoms with Crippen LogP contribution in [0.2, 0.25) is 0 Å². The lowest BCUT2D eigenvalue weighted by Gasteiger charge is -2.05. The summed E-state index contributed by atoms with van der Waals surface area (Å²) < 4.78 is 1.93. The number of nitrogens with one attached hydrogen (secondary N) is 1. The number of amides is 1. The smallest absolute Gasteiger partial charge is 0.240 e. The largest absolute Gasteiger partial charge is 0.306 e. The minimum Gasteiger partial charge on any atom is -0.306 e. The van der Waals surface area contributed by atoms with Gasteiger partial charge in [0.15, 0.2) is 0 Å². The van der Waals surface area contributed by atoms with Crippen molar-refractivity contribution in [1.29, 1.82) is 0 Å². The minimum absolute atomic E-state index is 0.0850. The van der Waals surface area contributed by atoms with Crippen molar-refractivity contribution in [3.8, 4) is 5.69 Å². The average molecular weight is 332 g/mol. The first-order chi connectivity index (χ1) is 12.2. The maximum absolute atomic E-state index is 11.9.